The number of hydrogen-bond acceptors (Lipinski definition) is 16. The molecule has 548 valence electrons. The fourth-order valence-electron chi connectivity index (χ4n) is 11.5. The molecule has 2 fully saturated rings. The molecule has 11 amide bonds. The number of nitrogens with one attached hydrogen (secondary N) is 12. The van der Waals surface area contributed by atoms with Crippen molar-refractivity contribution in [3.05, 3.63) is 120 Å². The van der Waals surface area contributed by atoms with Crippen LogP contribution in [0.25, 0.3) is 21.8 Å². The molecule has 2 aliphatic heterocycles. The smallest absolute Gasteiger partial charge is 0.490 e. The molecule has 102 heavy (non-hydrogen) atoms. The van der Waals surface area contributed by atoms with Crippen LogP contribution in [-0.4, -0.2) is 204 Å². The molecule has 0 unspecified atom stereocenters. The molecule has 0 radical (unpaired) electrons. The van der Waals surface area contributed by atoms with Gasteiger partial charge in [0.25, 0.3) is 0 Å². The number of H-pyrrole nitrogens is 3. The molecule has 9 atom stereocenters. The van der Waals surface area contributed by atoms with Crippen LogP contribution in [0.4, 0.5) is 13.2 Å². The molecule has 5 heterocycles. The molecular weight excluding hydrogens is 1340 g/mol. The highest BCUT2D eigenvalue weighted by atomic mass is 19.4. The maximum Gasteiger partial charge on any atom is 0.490 e. The Balaban J connectivity index is 0.00000198. The Bertz CT molecular complexity index is 3990. The van der Waals surface area contributed by atoms with Crippen molar-refractivity contribution in [2.75, 3.05) is 26.2 Å². The number of alkyl halides is 3. The molecule has 0 spiro atoms. The molecule has 0 saturated carbocycles. The van der Waals surface area contributed by atoms with Crippen LogP contribution in [0.1, 0.15) is 81.2 Å². The lowest BCUT2D eigenvalue weighted by Gasteiger charge is -2.30. The SMILES string of the molecule is CC(C)C[C@H](NC(=O)[C@@H](Cc1c[nH]c2ccccc12)NC(=O)[C@@H](Cc1ccc(O)cc1)NC(=O)[C@H](CO)NC(=O)[C@H](Cc1c[nH]c2ccccc12)NC(=O)[C@H](Cc1cnc[nH]1)NC(=O)[C@@H]1CCC(=O)N1)C(=O)N[C@@H](CCCN=C(N)N)C(=O)N1CCC[C@H]1C(=O)NCC(N)=O.O=C(O)C(F)(F)F. The predicted molar refractivity (Wildman–Crippen MR) is 360 cm³/mol. The second-order valence-electron chi connectivity index (χ2n) is 24.8. The van der Waals surface area contributed by atoms with Crippen molar-refractivity contribution in [1.82, 2.24) is 72.7 Å². The number of phenolic OH excluding ortho intramolecular Hbond substituents is 1. The number of primary amides is 1. The van der Waals surface area contributed by atoms with E-state index in [2.05, 4.69) is 72.8 Å². The highest BCUT2D eigenvalue weighted by Crippen LogP contribution is 2.24. The van der Waals surface area contributed by atoms with E-state index in [0.29, 0.717) is 50.6 Å². The molecule has 36 heteroatoms. The fraction of sp³-hybridized carbons (Fsp3) is 0.424. The number of imidazole rings is 1. The lowest BCUT2D eigenvalue weighted by molar-refractivity contribution is -0.192. The number of aromatic nitrogens is 4. The number of benzene rings is 3. The predicted octanol–water partition coefficient (Wildman–Crippen LogP) is -1.66. The Morgan fingerprint density at radius 2 is 1.17 bits per heavy atom. The number of aliphatic hydroxyl groups is 1. The first kappa shape index (κ1) is 77.8. The number of nitrogens with zero attached hydrogens (tertiary/aromatic N) is 3. The molecule has 2 saturated heterocycles. The number of likely N-dealkylation sites (tertiary alicyclic amines) is 1. The summed E-state index contributed by atoms with van der Waals surface area (Å²) in [5.41, 5.74) is 19.8. The number of aliphatic hydroxyl groups excluding tert-OH is 1. The molecule has 8 rings (SSSR count). The summed E-state index contributed by atoms with van der Waals surface area (Å²) in [7, 11) is 0. The topological polar surface area (TPSA) is 528 Å². The monoisotopic (exact) mass is 1420 g/mol. The Kier molecular flexibility index (Phi) is 27.8. The van der Waals surface area contributed by atoms with Gasteiger partial charge in [0.1, 0.15) is 60.1 Å². The normalized spacial score (nSPS) is 16.3. The first-order chi connectivity index (χ1) is 48.5. The van der Waals surface area contributed by atoms with E-state index in [4.69, 9.17) is 27.1 Å². The lowest BCUT2D eigenvalue weighted by Crippen LogP contribution is -2.61. The number of para-hydroxylation sites is 2. The highest BCUT2D eigenvalue weighted by molar-refractivity contribution is 6.00. The van der Waals surface area contributed by atoms with Crippen LogP contribution in [0.15, 0.2) is 103 Å². The summed E-state index contributed by atoms with van der Waals surface area (Å²) < 4.78 is 31.7. The second-order valence-corrected chi connectivity index (χ2v) is 24.8. The number of hydrogen-bond donors (Lipinski definition) is 18. The quantitative estimate of drug-likeness (QED) is 0.0125. The fourth-order valence-corrected chi connectivity index (χ4v) is 11.5. The molecule has 3 aromatic carbocycles. The Morgan fingerprint density at radius 1 is 0.657 bits per heavy atom. The standard InChI is InChI=1S/C64H82N18O13.C2HF3O2/c1-34(2)23-46(56(88)75-45(13-7-21-69-64(66)67)63(95)82-22-8-14-52(82)62(94)72-31-53(65)85)76-58(90)48(25-36-28-70-42-11-5-3-9-40(36)42)78-57(89)47(24-35-15-17-39(84)18-16-35)77-61(93)51(32-83)81-59(91)49(26-37-29-71-43-12-6-4-10-41(37)43)79-60(92)50(27-38-30-68-33-73-38)80-55(87)44-19-20-54(86)74-44;3-2(4,5)1(6)7/h3-6,9-12,15-18,28-30,33-34,44-52,70-71,83-84H,7-8,13-14,19-27,31-32H2,1-2H3,(H2,65,85)(H,68,73)(H,72,94)(H,74,86)(H,75,88)(H,76,90)(H,77,93)(H,78,89)(H,79,92)(H,80,87)(H,81,91)(H4,66,67,69);(H,6,7)/t44-,45-,46-,47+,48+,49-,50-,51-,52-;/m0./s1. The van der Waals surface area contributed by atoms with Gasteiger partial charge < -0.3 is 100 Å². The number of carboxylic acids is 1. The van der Waals surface area contributed by atoms with Crippen LogP contribution in [-0.2, 0) is 83.2 Å². The van der Waals surface area contributed by atoms with Gasteiger partial charge in [-0.3, -0.25) is 57.7 Å². The van der Waals surface area contributed by atoms with E-state index in [9.17, 15) is 66.5 Å². The van der Waals surface area contributed by atoms with Gasteiger partial charge >= 0.3 is 12.1 Å². The molecule has 0 aliphatic carbocycles. The van der Waals surface area contributed by atoms with Crippen molar-refractivity contribution in [1.29, 1.82) is 0 Å². The zero-order chi connectivity index (χ0) is 74.4. The van der Waals surface area contributed by atoms with Gasteiger partial charge in [-0.1, -0.05) is 62.4 Å². The summed E-state index contributed by atoms with van der Waals surface area (Å²) in [5.74, 6) is -11.8. The summed E-state index contributed by atoms with van der Waals surface area (Å²) in [4.78, 5) is 181. The average molecular weight is 1430 g/mol. The average Bonchev–Trinajstić information content (AvgIpc) is 1.43. The number of fused-ring (bicyclic) bond motifs is 2. The minimum Gasteiger partial charge on any atom is -0.508 e. The number of carbonyl (C=O) groups is 12. The van der Waals surface area contributed by atoms with Gasteiger partial charge in [-0.15, -0.1) is 0 Å². The number of halogens is 3. The largest absolute Gasteiger partial charge is 0.508 e. The van der Waals surface area contributed by atoms with Gasteiger partial charge in [0.05, 0.1) is 19.5 Å². The molecule has 33 nitrogen and oxygen atoms in total. The van der Waals surface area contributed by atoms with E-state index >= 15 is 9.59 Å². The Labute approximate surface area is 580 Å². The molecule has 3 aromatic heterocycles. The number of aliphatic carboxylic acids is 1. The van der Waals surface area contributed by atoms with Crippen LogP contribution >= 0.6 is 0 Å². The number of guanidine groups is 1. The summed E-state index contributed by atoms with van der Waals surface area (Å²) in [6.45, 7) is 2.33. The third-order valence-electron chi connectivity index (χ3n) is 16.6. The zero-order valence-electron chi connectivity index (χ0n) is 55.6. The molecule has 2 aliphatic rings. The summed E-state index contributed by atoms with van der Waals surface area (Å²) in [6.07, 6.45) is 1.43. The van der Waals surface area contributed by atoms with Crippen LogP contribution < -0.4 is 65.1 Å². The Hall–Kier alpha value is -11.6. The van der Waals surface area contributed by atoms with Crippen molar-refractivity contribution < 1.29 is 86.0 Å². The maximum absolute atomic E-state index is 15.1. The highest BCUT2D eigenvalue weighted by Gasteiger charge is 2.41. The van der Waals surface area contributed by atoms with Crippen molar-refractivity contribution >= 4 is 98.7 Å². The number of aliphatic imine (C=N–C) groups is 1. The third-order valence-corrected chi connectivity index (χ3v) is 16.6. The van der Waals surface area contributed by atoms with Crippen LogP contribution in [0.3, 0.4) is 0 Å². The summed E-state index contributed by atoms with van der Waals surface area (Å²) >= 11 is 0. The maximum atomic E-state index is 15.1. The number of aromatic amines is 3. The van der Waals surface area contributed by atoms with E-state index in [1.807, 2.05) is 0 Å². The number of aromatic hydroxyl groups is 1. The van der Waals surface area contributed by atoms with Crippen LogP contribution in [0.2, 0.25) is 0 Å². The van der Waals surface area contributed by atoms with Gasteiger partial charge in [-0.25, -0.2) is 9.78 Å². The van der Waals surface area contributed by atoms with E-state index in [1.54, 1.807) is 74.8 Å². The third kappa shape index (κ3) is 22.7. The van der Waals surface area contributed by atoms with Crippen molar-refractivity contribution in [3.63, 3.8) is 0 Å². The van der Waals surface area contributed by atoms with Gasteiger partial charge in [0.2, 0.25) is 65.0 Å². The molecular formula is C66H83F3N18O15. The van der Waals surface area contributed by atoms with Crippen molar-refractivity contribution in [2.45, 2.75) is 145 Å². The molecule has 21 N–H and O–H groups in total. The number of carboxylic acid groups (broad SMARTS) is 1. The molecule has 6 aromatic rings. The number of carbonyl (C=O) groups excluding carboxylic acids is 11. The van der Waals surface area contributed by atoms with E-state index in [-0.39, 0.29) is 101 Å². The van der Waals surface area contributed by atoms with Gasteiger partial charge in [0.15, 0.2) is 5.96 Å². The number of nitrogens with two attached hydrogens (primary N) is 3. The summed E-state index contributed by atoms with van der Waals surface area (Å²) in [5, 5.41) is 53.6. The minimum atomic E-state index is -5.08. The van der Waals surface area contributed by atoms with E-state index in [1.165, 1.54) is 41.7 Å². The van der Waals surface area contributed by atoms with Gasteiger partial charge in [0, 0.05) is 91.3 Å². The van der Waals surface area contributed by atoms with Crippen molar-refractivity contribution in [3.8, 4) is 5.75 Å². The van der Waals surface area contributed by atoms with Crippen molar-refractivity contribution in [2.24, 2.45) is 28.1 Å². The second kappa shape index (κ2) is 36.5. The van der Waals surface area contributed by atoms with E-state index < -0.39 is 139 Å². The van der Waals surface area contributed by atoms with Crippen LogP contribution in [0.5, 0.6) is 5.75 Å². The first-order valence-corrected chi connectivity index (χ1v) is 32.6. The number of phenols is 1. The lowest BCUT2D eigenvalue weighted by atomic mass is 9.99. The molecule has 0 bridgehead atoms. The van der Waals surface area contributed by atoms with Gasteiger partial charge in [-0.05, 0) is 85.4 Å². The van der Waals surface area contributed by atoms with Crippen LogP contribution in [0, 0.1) is 5.92 Å². The Morgan fingerprint density at radius 3 is 1.67 bits per heavy atom. The van der Waals surface area contributed by atoms with E-state index in [0.717, 1.165) is 0 Å². The number of amides is 11. The minimum absolute atomic E-state index is 0.00905. The van der Waals surface area contributed by atoms with Gasteiger partial charge in [-0.2, -0.15) is 13.2 Å². The number of rotatable bonds is 33. The zero-order valence-corrected chi connectivity index (χ0v) is 55.6. The summed E-state index contributed by atoms with van der Waals surface area (Å²) in [6, 6.07) is 7.78. The first-order valence-electron chi connectivity index (χ1n) is 32.6.